The van der Waals surface area contributed by atoms with Gasteiger partial charge in [0.25, 0.3) is 0 Å². The summed E-state index contributed by atoms with van der Waals surface area (Å²) in [5, 5.41) is 17.3. The summed E-state index contributed by atoms with van der Waals surface area (Å²) in [4.78, 5) is 0. The van der Waals surface area contributed by atoms with Crippen molar-refractivity contribution in [3.05, 3.63) is 11.9 Å². The molecule has 1 rings (SSSR count). The average molecular weight is 183 g/mol. The topological polar surface area (TPSA) is 50.9 Å². The molecule has 0 aliphatic carbocycles. The van der Waals surface area contributed by atoms with Crippen LogP contribution in [0.5, 0.6) is 0 Å². The molecule has 1 aromatic heterocycles. The number of aliphatic hydroxyl groups excluding tert-OH is 1. The Morgan fingerprint density at radius 2 is 1.92 bits per heavy atom. The van der Waals surface area contributed by atoms with Crippen LogP contribution in [-0.4, -0.2) is 26.2 Å². The zero-order valence-corrected chi connectivity index (χ0v) is 8.60. The van der Waals surface area contributed by atoms with E-state index in [4.69, 9.17) is 0 Å². The van der Waals surface area contributed by atoms with Gasteiger partial charge in [0.15, 0.2) is 0 Å². The van der Waals surface area contributed by atoms with Gasteiger partial charge in [-0.05, 0) is 20.8 Å². The van der Waals surface area contributed by atoms with Crippen molar-refractivity contribution in [2.75, 3.05) is 0 Å². The van der Waals surface area contributed by atoms with Gasteiger partial charge in [0.2, 0.25) is 0 Å². The molecule has 0 aliphatic heterocycles. The highest BCUT2D eigenvalue weighted by atomic mass is 16.3. The molecular formula is C9H17N3O. The molecular weight excluding hydrogens is 166 g/mol. The summed E-state index contributed by atoms with van der Waals surface area (Å²) in [6.45, 7) is 7.85. The third kappa shape index (κ3) is 2.06. The quantitative estimate of drug-likeness (QED) is 0.769. The minimum atomic E-state index is -0.365. The average Bonchev–Trinajstić information content (AvgIpc) is 2.50. The second-order valence-corrected chi connectivity index (χ2v) is 3.73. The third-order valence-electron chi connectivity index (χ3n) is 2.28. The molecule has 0 saturated heterocycles. The maximum atomic E-state index is 9.43. The highest BCUT2D eigenvalue weighted by Gasteiger charge is 2.17. The van der Waals surface area contributed by atoms with Gasteiger partial charge in [-0.3, -0.25) is 0 Å². The molecule has 0 radical (unpaired) electrons. The Bertz CT molecular complexity index is 268. The van der Waals surface area contributed by atoms with Crippen molar-refractivity contribution in [2.45, 2.75) is 45.8 Å². The van der Waals surface area contributed by atoms with Crippen LogP contribution in [-0.2, 0) is 0 Å². The molecule has 2 atom stereocenters. The monoisotopic (exact) mass is 183 g/mol. The lowest BCUT2D eigenvalue weighted by Gasteiger charge is -2.17. The summed E-state index contributed by atoms with van der Waals surface area (Å²) < 4.78 is 1.84. The maximum absolute atomic E-state index is 9.43. The van der Waals surface area contributed by atoms with Gasteiger partial charge in [0.05, 0.1) is 18.0 Å². The van der Waals surface area contributed by atoms with E-state index in [1.807, 2.05) is 25.5 Å². The van der Waals surface area contributed by atoms with Crippen molar-refractivity contribution in [2.24, 2.45) is 0 Å². The Kier molecular flexibility index (Phi) is 3.03. The van der Waals surface area contributed by atoms with Gasteiger partial charge < -0.3 is 5.11 Å². The van der Waals surface area contributed by atoms with E-state index in [0.717, 1.165) is 5.69 Å². The van der Waals surface area contributed by atoms with Gasteiger partial charge in [0.1, 0.15) is 0 Å². The lowest BCUT2D eigenvalue weighted by atomic mass is 10.0. The Balaban J connectivity index is 2.93. The molecule has 0 amide bonds. The normalized spacial score (nSPS) is 16.2. The van der Waals surface area contributed by atoms with Gasteiger partial charge in [-0.1, -0.05) is 12.1 Å². The summed E-state index contributed by atoms with van der Waals surface area (Å²) in [7, 11) is 0. The first-order valence-electron chi connectivity index (χ1n) is 4.62. The van der Waals surface area contributed by atoms with Crippen molar-refractivity contribution >= 4 is 0 Å². The molecule has 2 unspecified atom stereocenters. The summed E-state index contributed by atoms with van der Waals surface area (Å²) in [5.41, 5.74) is 0.991. The van der Waals surface area contributed by atoms with Crippen LogP contribution in [0, 0.1) is 0 Å². The fraction of sp³-hybridized carbons (Fsp3) is 0.778. The first-order chi connectivity index (χ1) is 6.04. The highest BCUT2D eigenvalue weighted by Crippen LogP contribution is 2.20. The molecule has 0 spiro atoms. The Hall–Kier alpha value is -0.900. The minimum Gasteiger partial charge on any atom is -0.393 e. The van der Waals surface area contributed by atoms with Crippen LogP contribution in [0.3, 0.4) is 0 Å². The largest absolute Gasteiger partial charge is 0.393 e. The number of nitrogens with zero attached hydrogens (tertiary/aromatic N) is 3. The molecule has 1 aromatic rings. The van der Waals surface area contributed by atoms with Crippen LogP contribution in [0.4, 0.5) is 0 Å². The fourth-order valence-corrected chi connectivity index (χ4v) is 1.23. The lowest BCUT2D eigenvalue weighted by molar-refractivity contribution is 0.164. The first-order valence-corrected chi connectivity index (χ1v) is 4.62. The van der Waals surface area contributed by atoms with Crippen molar-refractivity contribution in [3.8, 4) is 0 Å². The molecule has 0 saturated carbocycles. The van der Waals surface area contributed by atoms with Crippen LogP contribution in [0.2, 0.25) is 0 Å². The molecule has 0 aromatic carbocycles. The first kappa shape index (κ1) is 10.2. The Morgan fingerprint density at radius 1 is 1.31 bits per heavy atom. The summed E-state index contributed by atoms with van der Waals surface area (Å²) >= 11 is 0. The zero-order valence-electron chi connectivity index (χ0n) is 8.60. The van der Waals surface area contributed by atoms with E-state index in [-0.39, 0.29) is 12.0 Å². The molecule has 1 N–H and O–H groups in total. The molecule has 0 aliphatic rings. The van der Waals surface area contributed by atoms with Crippen molar-refractivity contribution in [1.29, 1.82) is 0 Å². The van der Waals surface area contributed by atoms with E-state index in [0.29, 0.717) is 6.04 Å². The molecule has 74 valence electrons. The number of aliphatic hydroxyl groups is 1. The number of hydrogen-bond donors (Lipinski definition) is 1. The van der Waals surface area contributed by atoms with Gasteiger partial charge in [-0.2, -0.15) is 0 Å². The van der Waals surface area contributed by atoms with E-state index >= 15 is 0 Å². The number of aromatic nitrogens is 3. The molecule has 13 heavy (non-hydrogen) atoms. The standard InChI is InChI=1S/C9H17N3O/c1-6(2)12-9(5-10-11-12)7(3)8(4)13/h5-8,13H,1-4H3. The Labute approximate surface area is 78.6 Å². The predicted octanol–water partition coefficient (Wildman–Crippen LogP) is 1.34. The van der Waals surface area contributed by atoms with Crippen LogP contribution in [0.25, 0.3) is 0 Å². The number of rotatable bonds is 3. The Morgan fingerprint density at radius 3 is 2.38 bits per heavy atom. The molecule has 4 heteroatoms. The fourth-order valence-electron chi connectivity index (χ4n) is 1.23. The predicted molar refractivity (Wildman–Crippen MR) is 50.5 cm³/mol. The van der Waals surface area contributed by atoms with Crippen LogP contribution in [0.15, 0.2) is 6.20 Å². The van der Waals surface area contributed by atoms with Crippen LogP contribution in [0.1, 0.15) is 45.3 Å². The smallest absolute Gasteiger partial charge is 0.0729 e. The van der Waals surface area contributed by atoms with Gasteiger partial charge in [-0.15, -0.1) is 5.10 Å². The second kappa shape index (κ2) is 3.87. The zero-order chi connectivity index (χ0) is 10.0. The van der Waals surface area contributed by atoms with E-state index in [1.165, 1.54) is 0 Å². The van der Waals surface area contributed by atoms with Crippen molar-refractivity contribution in [1.82, 2.24) is 15.0 Å². The van der Waals surface area contributed by atoms with Gasteiger partial charge >= 0.3 is 0 Å². The summed E-state index contributed by atoms with van der Waals surface area (Å²) in [5.74, 6) is 0.0809. The maximum Gasteiger partial charge on any atom is 0.0729 e. The summed E-state index contributed by atoms with van der Waals surface area (Å²) in [6.07, 6.45) is 1.35. The molecule has 4 nitrogen and oxygen atoms in total. The molecule has 0 bridgehead atoms. The van der Waals surface area contributed by atoms with Crippen molar-refractivity contribution in [3.63, 3.8) is 0 Å². The van der Waals surface area contributed by atoms with Crippen LogP contribution >= 0.6 is 0 Å². The minimum absolute atomic E-state index is 0.0809. The van der Waals surface area contributed by atoms with Gasteiger partial charge in [-0.25, -0.2) is 4.68 Å². The SMILES string of the molecule is CC(O)C(C)c1cnnn1C(C)C. The van der Waals surface area contributed by atoms with E-state index < -0.39 is 0 Å². The second-order valence-electron chi connectivity index (χ2n) is 3.73. The van der Waals surface area contributed by atoms with Gasteiger partial charge in [0, 0.05) is 12.0 Å². The number of hydrogen-bond acceptors (Lipinski definition) is 3. The lowest BCUT2D eigenvalue weighted by Crippen LogP contribution is -2.17. The van der Waals surface area contributed by atoms with E-state index in [9.17, 15) is 5.11 Å². The highest BCUT2D eigenvalue weighted by molar-refractivity contribution is 5.04. The molecule has 1 heterocycles. The van der Waals surface area contributed by atoms with E-state index in [1.54, 1.807) is 13.1 Å². The van der Waals surface area contributed by atoms with Crippen LogP contribution < -0.4 is 0 Å². The molecule has 0 fully saturated rings. The van der Waals surface area contributed by atoms with Crippen molar-refractivity contribution < 1.29 is 5.11 Å². The van der Waals surface area contributed by atoms with E-state index in [2.05, 4.69) is 10.3 Å². The third-order valence-corrected chi connectivity index (χ3v) is 2.28. The summed E-state index contributed by atoms with van der Waals surface area (Å²) in [6, 6.07) is 0.290.